The van der Waals surface area contributed by atoms with E-state index in [-0.39, 0.29) is 47.8 Å². The van der Waals surface area contributed by atoms with E-state index in [2.05, 4.69) is 25.3 Å². The van der Waals surface area contributed by atoms with Crippen LogP contribution in [0.3, 0.4) is 0 Å². The molecule has 3 amide bonds. The number of rotatable bonds is 11. The number of halogens is 4. The SMILES string of the molecule is COC(=O)NC(CC/C=C/C(=O)N(C)C)C(=O)Nc1cccn(Cc2nc3c(OCC(F)(F)F)cc(F)cc3[nH]2)c1=O. The summed E-state index contributed by atoms with van der Waals surface area (Å²) in [7, 11) is 4.27. The van der Waals surface area contributed by atoms with E-state index < -0.39 is 48.0 Å². The van der Waals surface area contributed by atoms with Gasteiger partial charge in [-0.3, -0.25) is 14.4 Å². The van der Waals surface area contributed by atoms with Gasteiger partial charge in [-0.1, -0.05) is 6.08 Å². The van der Waals surface area contributed by atoms with Crippen LogP contribution in [0.15, 0.2) is 47.4 Å². The van der Waals surface area contributed by atoms with Gasteiger partial charge in [0.1, 0.15) is 28.9 Å². The van der Waals surface area contributed by atoms with Crippen molar-refractivity contribution in [1.29, 1.82) is 0 Å². The molecule has 0 spiro atoms. The highest BCUT2D eigenvalue weighted by atomic mass is 19.4. The van der Waals surface area contributed by atoms with Crippen molar-refractivity contribution in [2.24, 2.45) is 0 Å². The van der Waals surface area contributed by atoms with Crippen LogP contribution in [0.1, 0.15) is 18.7 Å². The molecule has 2 heterocycles. The van der Waals surface area contributed by atoms with Crippen molar-refractivity contribution in [2.75, 3.05) is 33.1 Å². The van der Waals surface area contributed by atoms with Crippen LogP contribution >= 0.6 is 0 Å². The molecule has 3 N–H and O–H groups in total. The number of allylic oxidation sites excluding steroid dienone is 1. The highest BCUT2D eigenvalue weighted by Gasteiger charge is 2.29. The molecule has 1 aromatic carbocycles. The minimum Gasteiger partial charge on any atom is -0.482 e. The standard InChI is InChI=1S/C26H28F4N6O6/c1-35(2)21(37)9-5-4-7-16(33-25(40)41-3)23(38)32-17-8-6-10-36(24(17)39)13-20-31-18-11-15(27)12-19(22(18)34-20)42-14-26(28,29)30/h5-6,8-12,16H,4,7,13-14H2,1-3H3,(H,31,34)(H,32,38)(H,33,40)/b9-5+. The van der Waals surface area contributed by atoms with E-state index in [1.54, 1.807) is 14.1 Å². The molecule has 0 radical (unpaired) electrons. The average Bonchev–Trinajstić information content (AvgIpc) is 3.32. The first-order valence-electron chi connectivity index (χ1n) is 12.4. The quantitative estimate of drug-likeness (QED) is 0.228. The molecule has 0 bridgehead atoms. The van der Waals surface area contributed by atoms with E-state index in [1.807, 2.05) is 0 Å². The summed E-state index contributed by atoms with van der Waals surface area (Å²) in [6.45, 7) is -1.86. The van der Waals surface area contributed by atoms with Crippen LogP contribution in [0.5, 0.6) is 5.75 Å². The first kappa shape index (κ1) is 31.6. The number of nitrogens with zero attached hydrogens (tertiary/aromatic N) is 3. The summed E-state index contributed by atoms with van der Waals surface area (Å²) in [6.07, 6.45) is -0.979. The minimum absolute atomic E-state index is 0.0535. The van der Waals surface area contributed by atoms with Crippen molar-refractivity contribution >= 4 is 34.6 Å². The molecule has 16 heteroatoms. The zero-order valence-electron chi connectivity index (χ0n) is 22.8. The number of anilines is 1. The molecule has 1 unspecified atom stereocenters. The van der Waals surface area contributed by atoms with E-state index in [9.17, 15) is 36.7 Å². The molecule has 0 aliphatic rings. The summed E-state index contributed by atoms with van der Waals surface area (Å²) in [5.74, 6) is -2.17. The van der Waals surface area contributed by atoms with E-state index >= 15 is 0 Å². The lowest BCUT2D eigenvalue weighted by Crippen LogP contribution is -2.44. The van der Waals surface area contributed by atoms with Crippen molar-refractivity contribution in [3.63, 3.8) is 0 Å². The normalized spacial score (nSPS) is 12.3. The monoisotopic (exact) mass is 596 g/mol. The average molecular weight is 597 g/mol. The summed E-state index contributed by atoms with van der Waals surface area (Å²) in [5.41, 5.74) is -0.822. The van der Waals surface area contributed by atoms with Gasteiger partial charge < -0.3 is 34.6 Å². The predicted octanol–water partition coefficient (Wildman–Crippen LogP) is 2.94. The van der Waals surface area contributed by atoms with E-state index in [0.717, 1.165) is 23.8 Å². The Labute approximate surface area is 236 Å². The van der Waals surface area contributed by atoms with Gasteiger partial charge in [0.2, 0.25) is 11.8 Å². The first-order valence-corrected chi connectivity index (χ1v) is 12.4. The Balaban J connectivity index is 1.78. The zero-order chi connectivity index (χ0) is 31.0. The number of ether oxygens (including phenoxy) is 2. The first-order chi connectivity index (χ1) is 19.8. The molecule has 0 saturated heterocycles. The molecule has 42 heavy (non-hydrogen) atoms. The van der Waals surface area contributed by atoms with E-state index in [0.29, 0.717) is 0 Å². The Kier molecular flexibility index (Phi) is 10.3. The highest BCUT2D eigenvalue weighted by Crippen LogP contribution is 2.27. The van der Waals surface area contributed by atoms with Crippen molar-refractivity contribution in [2.45, 2.75) is 31.6 Å². The summed E-state index contributed by atoms with van der Waals surface area (Å²) < 4.78 is 62.2. The maximum Gasteiger partial charge on any atom is 0.422 e. The topological polar surface area (TPSA) is 148 Å². The van der Waals surface area contributed by atoms with Gasteiger partial charge in [-0.2, -0.15) is 13.2 Å². The minimum atomic E-state index is -4.65. The van der Waals surface area contributed by atoms with Crippen LogP contribution in [0.2, 0.25) is 0 Å². The van der Waals surface area contributed by atoms with Crippen LogP contribution in [0.25, 0.3) is 11.0 Å². The number of hydrogen-bond acceptors (Lipinski definition) is 7. The molecule has 12 nitrogen and oxygen atoms in total. The van der Waals surface area contributed by atoms with Gasteiger partial charge in [-0.25, -0.2) is 14.2 Å². The van der Waals surface area contributed by atoms with Gasteiger partial charge in [-0.15, -0.1) is 0 Å². The molecular formula is C26H28F4N6O6. The van der Waals surface area contributed by atoms with Gasteiger partial charge in [0, 0.05) is 26.4 Å². The third-order valence-electron chi connectivity index (χ3n) is 5.67. The second kappa shape index (κ2) is 13.6. The molecule has 0 aliphatic heterocycles. The number of carbonyl (C=O) groups is 3. The lowest BCUT2D eigenvalue weighted by Gasteiger charge is -2.17. The molecular weight excluding hydrogens is 568 g/mol. The van der Waals surface area contributed by atoms with Crippen LogP contribution < -0.4 is 20.9 Å². The fourth-order valence-electron chi connectivity index (χ4n) is 3.65. The van der Waals surface area contributed by atoms with E-state index in [1.165, 1.54) is 35.4 Å². The molecule has 3 rings (SSSR count). The number of alkyl carbamates (subject to hydrolysis) is 1. The Hall–Kier alpha value is -4.89. The predicted molar refractivity (Wildman–Crippen MR) is 142 cm³/mol. The van der Waals surface area contributed by atoms with Crippen LogP contribution in [-0.2, 0) is 20.9 Å². The number of carbonyl (C=O) groups excluding carboxylic acids is 3. The second-order valence-corrected chi connectivity index (χ2v) is 9.13. The molecule has 0 aliphatic carbocycles. The number of aromatic amines is 1. The molecule has 3 aromatic rings. The molecule has 1 atom stereocenters. The van der Waals surface area contributed by atoms with E-state index in [4.69, 9.17) is 4.74 Å². The lowest BCUT2D eigenvalue weighted by molar-refractivity contribution is -0.153. The van der Waals surface area contributed by atoms with Crippen LogP contribution in [0.4, 0.5) is 28.0 Å². The van der Waals surface area contributed by atoms with Crippen molar-refractivity contribution in [1.82, 2.24) is 24.8 Å². The van der Waals surface area contributed by atoms with Crippen LogP contribution in [-0.4, -0.2) is 77.4 Å². The number of benzene rings is 1. The fraction of sp³-hybridized carbons (Fsp3) is 0.346. The number of imidazole rings is 1. The Bertz CT molecular complexity index is 1530. The highest BCUT2D eigenvalue weighted by molar-refractivity contribution is 5.96. The summed E-state index contributed by atoms with van der Waals surface area (Å²) in [6, 6.07) is 3.46. The van der Waals surface area contributed by atoms with Crippen molar-refractivity contribution in [3.05, 3.63) is 64.6 Å². The fourth-order valence-corrected chi connectivity index (χ4v) is 3.65. The number of H-pyrrole nitrogens is 1. The number of likely N-dealkylation sites (N-methyl/N-ethyl adjacent to an activating group) is 1. The number of pyridine rings is 1. The van der Waals surface area contributed by atoms with Crippen LogP contribution in [0, 0.1) is 5.82 Å². The maximum atomic E-state index is 14.0. The number of alkyl halides is 3. The number of aromatic nitrogens is 3. The van der Waals surface area contributed by atoms with Crippen molar-refractivity contribution in [3.8, 4) is 5.75 Å². The lowest BCUT2D eigenvalue weighted by atomic mass is 10.1. The Morgan fingerprint density at radius 1 is 1.24 bits per heavy atom. The summed E-state index contributed by atoms with van der Waals surface area (Å²) in [5, 5.41) is 4.84. The third-order valence-corrected chi connectivity index (χ3v) is 5.67. The number of fused-ring (bicyclic) bond motifs is 1. The number of amides is 3. The second-order valence-electron chi connectivity index (χ2n) is 9.13. The van der Waals surface area contributed by atoms with Gasteiger partial charge in [-0.05, 0) is 37.1 Å². The molecule has 0 saturated carbocycles. The Morgan fingerprint density at radius 3 is 2.64 bits per heavy atom. The molecule has 226 valence electrons. The molecule has 2 aromatic heterocycles. The third kappa shape index (κ3) is 8.81. The maximum absolute atomic E-state index is 14.0. The smallest absolute Gasteiger partial charge is 0.422 e. The van der Waals surface area contributed by atoms with Gasteiger partial charge >= 0.3 is 12.3 Å². The van der Waals surface area contributed by atoms with Crippen molar-refractivity contribution < 1.29 is 41.4 Å². The summed E-state index contributed by atoms with van der Waals surface area (Å²) >= 11 is 0. The molecule has 0 fully saturated rings. The largest absolute Gasteiger partial charge is 0.482 e. The zero-order valence-corrected chi connectivity index (χ0v) is 22.8. The number of methoxy groups -OCH3 is 1. The van der Waals surface area contributed by atoms with Gasteiger partial charge in [0.25, 0.3) is 5.56 Å². The number of nitrogens with one attached hydrogen (secondary N) is 3. The number of hydrogen-bond donors (Lipinski definition) is 3. The van der Waals surface area contributed by atoms with Gasteiger partial charge in [0.15, 0.2) is 12.4 Å². The Morgan fingerprint density at radius 2 is 1.98 bits per heavy atom. The van der Waals surface area contributed by atoms with Gasteiger partial charge in [0.05, 0.1) is 19.2 Å². The summed E-state index contributed by atoms with van der Waals surface area (Å²) in [4.78, 5) is 57.8.